The van der Waals surface area contributed by atoms with E-state index in [0.29, 0.717) is 35.9 Å². The Morgan fingerprint density at radius 1 is 0.519 bits per heavy atom. The third-order valence-electron chi connectivity index (χ3n) is 19.2. The highest BCUT2D eigenvalue weighted by molar-refractivity contribution is 5.97. The molecule has 4 aromatic rings. The molecule has 2 aromatic heterocycles. The Bertz CT molecular complexity index is 2850. The maximum absolute atomic E-state index is 13.9. The number of aromatic nitrogens is 4. The summed E-state index contributed by atoms with van der Waals surface area (Å²) in [5, 5.41) is 20.5. The van der Waals surface area contributed by atoms with Gasteiger partial charge in [0, 0.05) is 55.3 Å². The first-order valence-corrected chi connectivity index (χ1v) is 29.3. The predicted octanol–water partition coefficient (Wildman–Crippen LogP) is 9.62. The summed E-state index contributed by atoms with van der Waals surface area (Å²) in [5.74, 6) is 5.61. The third-order valence-corrected chi connectivity index (χ3v) is 19.2. The largest absolute Gasteiger partial charge is 0.479 e. The Kier molecular flexibility index (Phi) is 17.7. The monoisotopic (exact) mass is 1060 g/mol. The Morgan fingerprint density at radius 3 is 1.29 bits per heavy atom. The summed E-state index contributed by atoms with van der Waals surface area (Å²) < 4.78 is 3.92. The van der Waals surface area contributed by atoms with E-state index in [4.69, 9.17) is 15.1 Å². The molecule has 0 amide bonds. The molecule has 10 atom stereocenters. The number of carboxylic acids is 2. The van der Waals surface area contributed by atoms with E-state index < -0.39 is 25.2 Å². The van der Waals surface area contributed by atoms with E-state index in [2.05, 4.69) is 35.7 Å². The molecule has 8 fully saturated rings. The van der Waals surface area contributed by atoms with Crippen LogP contribution in [0.4, 0.5) is 0 Å². The minimum atomic E-state index is -1.11. The highest BCUT2D eigenvalue weighted by Crippen LogP contribution is 2.49. The molecule has 6 heterocycles. The van der Waals surface area contributed by atoms with Crippen LogP contribution in [0.1, 0.15) is 196 Å². The van der Waals surface area contributed by atoms with Crippen molar-refractivity contribution in [3.63, 3.8) is 0 Å². The van der Waals surface area contributed by atoms with Crippen molar-refractivity contribution in [3.05, 3.63) is 80.6 Å². The lowest BCUT2D eigenvalue weighted by Crippen LogP contribution is -2.58. The summed E-state index contributed by atoms with van der Waals surface area (Å²) in [4.78, 5) is 83.4. The van der Waals surface area contributed by atoms with Crippen molar-refractivity contribution in [2.75, 3.05) is 13.2 Å². The second-order valence-electron chi connectivity index (χ2n) is 24.2. The van der Waals surface area contributed by atoms with Gasteiger partial charge in [-0.15, -0.1) is 0 Å². The highest BCUT2D eigenvalue weighted by Gasteiger charge is 2.47. The summed E-state index contributed by atoms with van der Waals surface area (Å²) in [7, 11) is 0. The lowest BCUT2D eigenvalue weighted by atomic mass is 9.73. The van der Waals surface area contributed by atoms with Crippen LogP contribution in [0.3, 0.4) is 0 Å². The Labute approximate surface area is 451 Å². The summed E-state index contributed by atoms with van der Waals surface area (Å²) in [5.41, 5.74) is 3.53. The van der Waals surface area contributed by atoms with Gasteiger partial charge in [-0.2, -0.15) is 0 Å². The van der Waals surface area contributed by atoms with Gasteiger partial charge in [0.05, 0.1) is 22.1 Å². The van der Waals surface area contributed by atoms with Crippen LogP contribution < -0.4 is 17.0 Å². The molecule has 2 aromatic carbocycles. The van der Waals surface area contributed by atoms with Crippen molar-refractivity contribution in [2.45, 2.75) is 216 Å². The van der Waals surface area contributed by atoms with Crippen molar-refractivity contribution in [1.29, 1.82) is 0 Å². The van der Waals surface area contributed by atoms with Crippen LogP contribution >= 0.6 is 0 Å². The molecule has 0 spiro atoms. The van der Waals surface area contributed by atoms with Gasteiger partial charge in [-0.3, -0.25) is 29.0 Å². The standard InChI is InChI=1S/C30H40N4O4.C28H37N3O2.C2H5NO3/c1-19(32-38-18-28(35)36)29-30(37)34(27-12-5-4-11-26(27)31-29)25-16-22-9-6-10-23(17-25)33(22)24-14-20-7-2-3-8-21(13-20)15-24;1-18(32)27-28(33)31(26-12-5-4-11-25(26)29-27)24-16-21-9-6-10-22(17-24)30(21)23-14-19-7-2-3-8-20(13-19)15-23;3-6-1-2(4)5/h4-5,11-12,20-25H,2-3,6-10,13-18H2,1H3,(H,35,36);4-5,11-12,19-24H,2-3,6-10,13-17H2,1H3;1,3H2,(H,4,5)/b32-19+;;/t20?,21?,22-,23+,24?,25?;19?,20?,21-,22+,23?,24?;. The zero-order chi connectivity index (χ0) is 53.7. The molecule has 4 saturated carbocycles. The molecule has 4 N–H and O–H groups in total. The summed E-state index contributed by atoms with van der Waals surface area (Å²) in [6.07, 6.45) is 31.3. The summed E-state index contributed by atoms with van der Waals surface area (Å²) >= 11 is 0. The van der Waals surface area contributed by atoms with E-state index in [-0.39, 0.29) is 40.4 Å². The number of nitrogens with two attached hydrogens (primary N) is 1. The number of carbonyl (C=O) groups excluding carboxylic acids is 1. The minimum Gasteiger partial charge on any atom is -0.479 e. The van der Waals surface area contributed by atoms with E-state index in [1.165, 1.54) is 135 Å². The van der Waals surface area contributed by atoms with Crippen LogP contribution in [0.15, 0.2) is 63.3 Å². The average Bonchev–Trinajstić information content (AvgIpc) is 3.71. The van der Waals surface area contributed by atoms with Gasteiger partial charge in [-0.05, 0) is 145 Å². The van der Waals surface area contributed by atoms with Gasteiger partial charge in [-0.25, -0.2) is 25.5 Å². The molecule has 8 bridgehead atoms. The lowest BCUT2D eigenvalue weighted by Gasteiger charge is -2.54. The fourth-order valence-corrected chi connectivity index (χ4v) is 16.4. The molecular formula is C60H82N8O9. The second-order valence-corrected chi connectivity index (χ2v) is 24.2. The quantitative estimate of drug-likeness (QED) is 0.0723. The molecule has 6 unspecified atom stereocenters. The number of oxime groups is 1. The molecule has 4 aliphatic carbocycles. The van der Waals surface area contributed by atoms with Crippen molar-refractivity contribution in [1.82, 2.24) is 28.9 Å². The number of hydrogen-bond acceptors (Lipinski definition) is 13. The van der Waals surface area contributed by atoms with E-state index in [1.807, 2.05) is 57.7 Å². The number of nitrogens with zero attached hydrogens (tertiary/aromatic N) is 7. The van der Waals surface area contributed by atoms with Gasteiger partial charge in [-0.1, -0.05) is 93.6 Å². The number of fused-ring (bicyclic) bond motifs is 10. The van der Waals surface area contributed by atoms with Gasteiger partial charge in [0.1, 0.15) is 5.71 Å². The highest BCUT2D eigenvalue weighted by atomic mass is 16.6. The lowest BCUT2D eigenvalue weighted by molar-refractivity contribution is -0.143. The van der Waals surface area contributed by atoms with E-state index in [9.17, 15) is 24.0 Å². The van der Waals surface area contributed by atoms with E-state index >= 15 is 0 Å². The Hall–Kier alpha value is -5.36. The smallest absolute Gasteiger partial charge is 0.344 e. The fourth-order valence-electron chi connectivity index (χ4n) is 16.4. The molecule has 8 aliphatic rings. The van der Waals surface area contributed by atoms with Gasteiger partial charge >= 0.3 is 11.9 Å². The first-order valence-electron chi connectivity index (χ1n) is 29.3. The zero-order valence-corrected chi connectivity index (χ0v) is 45.4. The molecule has 416 valence electrons. The molecule has 0 radical (unpaired) electrons. The van der Waals surface area contributed by atoms with Crippen molar-refractivity contribution < 1.29 is 34.3 Å². The number of ketones is 1. The molecule has 4 aliphatic heterocycles. The van der Waals surface area contributed by atoms with Crippen LogP contribution in [0.5, 0.6) is 0 Å². The Morgan fingerprint density at radius 2 is 0.909 bits per heavy atom. The third kappa shape index (κ3) is 12.4. The SMILES string of the molecule is C/C(=N\OCC(=O)O)c1nc2ccccc2n(C2C[C@H]3CCC[C@@H](C2)N3C2CC3CCCCC(C3)C2)c1=O.CC(=O)c1nc2ccccc2n(C2C[C@H]3CCC[C@@H](C2)N3C2CC3CCCCC(C3)C2)c1=O.NOCC(=O)O. The first-order chi connectivity index (χ1) is 37.3. The molecular weight excluding hydrogens is 977 g/mol. The molecule has 17 heteroatoms. The fraction of sp³-hybridized carbons (Fsp3) is 0.667. The van der Waals surface area contributed by atoms with Crippen LogP contribution in [0, 0.1) is 23.7 Å². The number of piperidine rings is 4. The second kappa shape index (κ2) is 24.8. The summed E-state index contributed by atoms with van der Waals surface area (Å²) in [6, 6.07) is 19.5. The average molecular weight is 1060 g/mol. The first kappa shape index (κ1) is 55.0. The number of carboxylic acid groups (broad SMARTS) is 2. The van der Waals surface area contributed by atoms with Crippen molar-refractivity contribution >= 4 is 45.5 Å². The van der Waals surface area contributed by atoms with Gasteiger partial charge < -0.3 is 24.2 Å². The molecule has 12 rings (SSSR count). The zero-order valence-electron chi connectivity index (χ0n) is 45.4. The number of benzene rings is 2. The van der Waals surface area contributed by atoms with E-state index in [1.54, 1.807) is 6.92 Å². The number of aliphatic carboxylic acids is 2. The van der Waals surface area contributed by atoms with Crippen LogP contribution in [0.25, 0.3) is 22.1 Å². The molecule has 77 heavy (non-hydrogen) atoms. The maximum atomic E-state index is 13.9. The minimum absolute atomic E-state index is 0.0950. The normalized spacial score (nSPS) is 31.3. The predicted molar refractivity (Wildman–Crippen MR) is 295 cm³/mol. The van der Waals surface area contributed by atoms with E-state index in [0.717, 1.165) is 77.5 Å². The molecule has 4 saturated heterocycles. The van der Waals surface area contributed by atoms with Crippen molar-refractivity contribution in [3.8, 4) is 0 Å². The van der Waals surface area contributed by atoms with Crippen LogP contribution in [0.2, 0.25) is 0 Å². The number of hydrogen-bond donors (Lipinski definition) is 3. The number of carbonyl (C=O) groups is 3. The van der Waals surface area contributed by atoms with Crippen LogP contribution in [-0.4, -0.2) is 112 Å². The van der Waals surface area contributed by atoms with Gasteiger partial charge in [0.15, 0.2) is 23.8 Å². The number of Topliss-reactive ketones (excluding diaryl/α,β-unsaturated/α-hetero) is 1. The molecule has 17 nitrogen and oxygen atoms in total. The topological polar surface area (TPSA) is 225 Å². The van der Waals surface area contributed by atoms with Gasteiger partial charge in [0.2, 0.25) is 6.61 Å². The maximum Gasteiger partial charge on any atom is 0.344 e. The van der Waals surface area contributed by atoms with Gasteiger partial charge in [0.25, 0.3) is 11.1 Å². The Balaban J connectivity index is 0.000000159. The summed E-state index contributed by atoms with van der Waals surface area (Å²) in [6.45, 7) is 2.14. The van der Waals surface area contributed by atoms with Crippen LogP contribution in [-0.2, 0) is 19.3 Å². The number of rotatable bonds is 11. The number of para-hydroxylation sites is 4. The van der Waals surface area contributed by atoms with Crippen molar-refractivity contribution in [2.24, 2.45) is 34.7 Å².